The van der Waals surface area contributed by atoms with Gasteiger partial charge in [0.15, 0.2) is 0 Å². The molecule has 3 unspecified atom stereocenters. The smallest absolute Gasteiger partial charge is 0.258 e. The Kier molecular flexibility index (Phi) is 7.88. The van der Waals surface area contributed by atoms with Gasteiger partial charge in [0, 0.05) is 48.2 Å². The van der Waals surface area contributed by atoms with Crippen LogP contribution in [0.4, 0.5) is 5.69 Å². The summed E-state index contributed by atoms with van der Waals surface area (Å²) in [5.74, 6) is -0.435. The zero-order valence-electron chi connectivity index (χ0n) is 27.9. The number of nitrogens with zero attached hydrogens (tertiary/aromatic N) is 5. The van der Waals surface area contributed by atoms with E-state index >= 15 is 0 Å². The van der Waals surface area contributed by atoms with E-state index < -0.39 is 23.3 Å². The third kappa shape index (κ3) is 5.71. The third-order valence-corrected chi connectivity index (χ3v) is 11.7. The number of hydrazone groups is 1. The molecule has 3 aliphatic carbocycles. The molecule has 12 heteroatoms. The van der Waals surface area contributed by atoms with Crippen molar-refractivity contribution in [3.63, 3.8) is 0 Å². The van der Waals surface area contributed by atoms with Crippen LogP contribution < -0.4 is 16.0 Å². The Hall–Kier alpha value is -4.06. The molecule has 5 heterocycles. The van der Waals surface area contributed by atoms with E-state index in [4.69, 9.17) is 10.1 Å². The Morgan fingerprint density at radius 1 is 1.06 bits per heavy atom. The number of rotatable bonds is 9. The van der Waals surface area contributed by atoms with Gasteiger partial charge in [0.2, 0.25) is 17.7 Å². The Bertz CT molecular complexity index is 1620. The fourth-order valence-electron chi connectivity index (χ4n) is 8.37. The van der Waals surface area contributed by atoms with Gasteiger partial charge in [-0.05, 0) is 108 Å². The number of likely N-dealkylation sites (tertiary alicyclic amines) is 2. The fourth-order valence-corrected chi connectivity index (χ4v) is 8.37. The molecule has 1 aromatic rings. The average molecular weight is 655 g/mol. The molecule has 0 radical (unpaired) electrons. The largest absolute Gasteiger partial charge is 0.385 e. The van der Waals surface area contributed by atoms with E-state index in [-0.39, 0.29) is 30.6 Å². The van der Waals surface area contributed by atoms with Crippen molar-refractivity contribution in [2.75, 3.05) is 38.5 Å². The molecule has 0 bridgehead atoms. The topological polar surface area (TPSA) is 139 Å². The lowest BCUT2D eigenvalue weighted by Gasteiger charge is -2.41. The predicted molar refractivity (Wildman–Crippen MR) is 179 cm³/mol. The highest BCUT2D eigenvalue weighted by Gasteiger charge is 2.56. The second-order valence-electron chi connectivity index (χ2n) is 15.2. The number of hydrogen-bond donors (Lipinski definition) is 3. The molecule has 1 aromatic heterocycles. The summed E-state index contributed by atoms with van der Waals surface area (Å²) in [6, 6.07) is 4.32. The molecule has 48 heavy (non-hydrogen) atoms. The number of imide groups is 2. The van der Waals surface area contributed by atoms with Crippen LogP contribution in [0.15, 0.2) is 46.9 Å². The summed E-state index contributed by atoms with van der Waals surface area (Å²) in [5.41, 5.74) is 3.86. The summed E-state index contributed by atoms with van der Waals surface area (Å²) in [7, 11) is 2.19. The van der Waals surface area contributed by atoms with Gasteiger partial charge < -0.3 is 15.5 Å². The highest BCUT2D eigenvalue weighted by molar-refractivity contribution is 6.20. The second kappa shape index (κ2) is 12.1. The van der Waals surface area contributed by atoms with Crippen LogP contribution in [-0.2, 0) is 19.2 Å². The van der Waals surface area contributed by atoms with Gasteiger partial charge in [-0.25, -0.2) is 0 Å². The number of piperidine rings is 2. The van der Waals surface area contributed by atoms with Crippen LogP contribution in [0, 0.1) is 17.3 Å². The van der Waals surface area contributed by atoms with Gasteiger partial charge in [0.05, 0.1) is 29.3 Å². The van der Waals surface area contributed by atoms with Crippen LogP contribution in [-0.4, -0.2) is 100 Å². The first-order chi connectivity index (χ1) is 23.2. The molecule has 254 valence electrons. The van der Waals surface area contributed by atoms with Crippen molar-refractivity contribution in [3.05, 3.63) is 47.4 Å². The molecule has 12 nitrogen and oxygen atoms in total. The van der Waals surface area contributed by atoms with E-state index in [2.05, 4.69) is 45.0 Å². The Balaban J connectivity index is 0.860. The van der Waals surface area contributed by atoms with E-state index in [1.807, 2.05) is 12.3 Å². The van der Waals surface area contributed by atoms with Gasteiger partial charge in [-0.3, -0.25) is 39.4 Å². The van der Waals surface area contributed by atoms with Gasteiger partial charge in [-0.2, -0.15) is 5.10 Å². The standard InChI is InChI=1S/C36H46N8O4/c1-36-11-7-24(17-28(36)34(47)44(35(36)48)30-5-6-31(45)40-33(30)46)38-19-21-15-26(16-21)43-20-27(32(41-43)22-3-4-22)29-18-25(8-12-37-29)39-23-9-13-42(2)14-10-23/h7-8,12,17-18,21-23,26-27,30,38H,3-6,9-11,13-16,19-20H2,1-2H3,(H,37,39)(H,40,45,46). The fraction of sp³-hybridized carbons (Fsp3) is 0.611. The lowest BCUT2D eigenvalue weighted by atomic mass is 9.77. The van der Waals surface area contributed by atoms with Gasteiger partial charge >= 0.3 is 0 Å². The normalized spacial score (nSPS) is 32.8. The van der Waals surface area contributed by atoms with Crippen molar-refractivity contribution in [1.82, 2.24) is 30.4 Å². The molecule has 0 spiro atoms. The number of carbonyl (C=O) groups excluding carboxylic acids is 4. The molecule has 8 rings (SSSR count). The van der Waals surface area contributed by atoms with E-state index in [0.29, 0.717) is 35.9 Å². The van der Waals surface area contributed by atoms with Crippen molar-refractivity contribution in [2.24, 2.45) is 22.4 Å². The first-order valence-corrected chi connectivity index (χ1v) is 17.8. The summed E-state index contributed by atoms with van der Waals surface area (Å²) in [4.78, 5) is 59.3. The van der Waals surface area contributed by atoms with Crippen molar-refractivity contribution < 1.29 is 19.2 Å². The minimum atomic E-state index is -0.994. The third-order valence-electron chi connectivity index (χ3n) is 11.7. The Morgan fingerprint density at radius 2 is 1.85 bits per heavy atom. The summed E-state index contributed by atoms with van der Waals surface area (Å²) in [6.07, 6.45) is 13.2. The molecule has 4 amide bonds. The zero-order chi connectivity index (χ0) is 33.2. The van der Waals surface area contributed by atoms with Crippen LogP contribution in [0.25, 0.3) is 0 Å². The lowest BCUT2D eigenvalue weighted by molar-refractivity contribution is -0.152. The predicted octanol–water partition coefficient (Wildman–Crippen LogP) is 2.52. The van der Waals surface area contributed by atoms with Crippen molar-refractivity contribution in [2.45, 2.75) is 88.8 Å². The quantitative estimate of drug-likeness (QED) is 0.343. The molecule has 0 aromatic carbocycles. The maximum absolute atomic E-state index is 13.4. The van der Waals surface area contributed by atoms with Crippen LogP contribution in [0.2, 0.25) is 0 Å². The van der Waals surface area contributed by atoms with Crippen LogP contribution >= 0.6 is 0 Å². The number of nitrogens with one attached hydrogen (secondary N) is 3. The molecule has 4 aliphatic heterocycles. The zero-order valence-corrected chi connectivity index (χ0v) is 27.9. The molecule has 5 fully saturated rings. The monoisotopic (exact) mass is 654 g/mol. The number of allylic oxidation sites excluding steroid dienone is 2. The minimum Gasteiger partial charge on any atom is -0.385 e. The van der Waals surface area contributed by atoms with Crippen molar-refractivity contribution in [1.29, 1.82) is 0 Å². The van der Waals surface area contributed by atoms with Gasteiger partial charge in [0.25, 0.3) is 5.91 Å². The second-order valence-corrected chi connectivity index (χ2v) is 15.2. The molecular weight excluding hydrogens is 608 g/mol. The molecule has 7 aliphatic rings. The highest BCUT2D eigenvalue weighted by atomic mass is 16.2. The number of aromatic nitrogens is 1. The lowest BCUT2D eigenvalue weighted by Crippen LogP contribution is -2.54. The Labute approximate surface area is 281 Å². The molecule has 2 saturated carbocycles. The number of carbonyl (C=O) groups is 4. The first-order valence-electron chi connectivity index (χ1n) is 17.8. The van der Waals surface area contributed by atoms with Crippen molar-refractivity contribution in [3.8, 4) is 0 Å². The molecular formula is C36H46N8O4. The van der Waals surface area contributed by atoms with Crippen LogP contribution in [0.5, 0.6) is 0 Å². The molecule has 3 saturated heterocycles. The number of pyridine rings is 1. The number of amides is 4. The van der Waals surface area contributed by atoms with Gasteiger partial charge in [0.1, 0.15) is 6.04 Å². The van der Waals surface area contributed by atoms with Crippen LogP contribution in [0.3, 0.4) is 0 Å². The average Bonchev–Trinajstić information content (AvgIpc) is 3.77. The first kappa shape index (κ1) is 31.2. The van der Waals surface area contributed by atoms with Gasteiger partial charge in [-0.15, -0.1) is 0 Å². The Morgan fingerprint density at radius 3 is 2.60 bits per heavy atom. The molecule has 3 atom stereocenters. The number of fused-ring (bicyclic) bond motifs is 1. The van der Waals surface area contributed by atoms with E-state index in [1.54, 1.807) is 13.0 Å². The van der Waals surface area contributed by atoms with Gasteiger partial charge in [-0.1, -0.05) is 6.08 Å². The van der Waals surface area contributed by atoms with Crippen LogP contribution in [0.1, 0.15) is 76.3 Å². The number of anilines is 1. The maximum Gasteiger partial charge on any atom is 0.258 e. The molecule has 3 N–H and O–H groups in total. The van der Waals surface area contributed by atoms with Crippen molar-refractivity contribution >= 4 is 35.0 Å². The summed E-state index contributed by atoms with van der Waals surface area (Å²) in [6.45, 7) is 5.70. The number of hydrogen-bond acceptors (Lipinski definition) is 10. The SMILES string of the molecule is CN1CCC(Nc2ccnc(C3CN(C4CC(CNC5=CCC6(C)C(=O)N(C7CCC(=O)NC7=O)C(=O)C6=C5)C4)N=C3C3CC3)c2)CC1. The van der Waals surface area contributed by atoms with E-state index in [1.165, 1.54) is 18.6 Å². The highest BCUT2D eigenvalue weighted by Crippen LogP contribution is 2.46. The summed E-state index contributed by atoms with van der Waals surface area (Å²) < 4.78 is 0. The van der Waals surface area contributed by atoms with E-state index in [0.717, 1.165) is 73.8 Å². The summed E-state index contributed by atoms with van der Waals surface area (Å²) in [5, 5.41) is 17.1. The van der Waals surface area contributed by atoms with E-state index in [9.17, 15) is 19.2 Å². The summed E-state index contributed by atoms with van der Waals surface area (Å²) >= 11 is 0. The maximum atomic E-state index is 13.4. The minimum absolute atomic E-state index is 0.113.